The van der Waals surface area contributed by atoms with Crippen LogP contribution in [0.25, 0.3) is 0 Å². The van der Waals surface area contributed by atoms with E-state index in [0.29, 0.717) is 18.8 Å². The quantitative estimate of drug-likeness (QED) is 0.841. The third-order valence-electron chi connectivity index (χ3n) is 3.88. The summed E-state index contributed by atoms with van der Waals surface area (Å²) in [6.07, 6.45) is 1.84. The molecule has 1 fully saturated rings. The zero-order valence-electron chi connectivity index (χ0n) is 12.3. The van der Waals surface area contributed by atoms with Crippen molar-refractivity contribution in [2.45, 2.75) is 13.0 Å². The molecule has 1 saturated heterocycles. The number of piperazine rings is 1. The van der Waals surface area contributed by atoms with Gasteiger partial charge in [-0.15, -0.1) is 0 Å². The first kappa shape index (κ1) is 14.6. The highest BCUT2D eigenvalue weighted by Gasteiger charge is 2.35. The average Bonchev–Trinajstić information content (AvgIpc) is 2.91. The number of nitrogens with one attached hydrogen (secondary N) is 1. The lowest BCUT2D eigenvalue weighted by atomic mass is 10.1. The number of likely N-dealkylation sites (N-methyl/N-ethyl adjacent to an activating group) is 2. The Labute approximate surface area is 119 Å². The van der Waals surface area contributed by atoms with Crippen molar-refractivity contribution in [3.8, 4) is 0 Å². The van der Waals surface area contributed by atoms with E-state index >= 15 is 0 Å². The molecule has 1 aliphatic heterocycles. The number of aromatic nitrogens is 1. The van der Waals surface area contributed by atoms with Gasteiger partial charge in [0.15, 0.2) is 0 Å². The van der Waals surface area contributed by atoms with Crippen LogP contribution >= 0.6 is 0 Å². The van der Waals surface area contributed by atoms with Crippen molar-refractivity contribution in [3.63, 3.8) is 0 Å². The van der Waals surface area contributed by atoms with Crippen molar-refractivity contribution in [1.29, 1.82) is 0 Å². The lowest BCUT2D eigenvalue weighted by molar-refractivity contribution is -0.127. The molecule has 6 nitrogen and oxygen atoms in total. The standard InChI is InChI=1S/C14H22N4O2/c1-4-17-8-9-18(12(10-17)13(19)15-2)14(20)11-6-5-7-16(11)3/h5-7,12H,4,8-10H2,1-3H3,(H,15,19). The van der Waals surface area contributed by atoms with Crippen molar-refractivity contribution in [3.05, 3.63) is 24.0 Å². The molecule has 1 aliphatic rings. The van der Waals surface area contributed by atoms with Gasteiger partial charge < -0.3 is 14.8 Å². The number of rotatable bonds is 3. The Morgan fingerprint density at radius 3 is 2.70 bits per heavy atom. The van der Waals surface area contributed by atoms with Gasteiger partial charge in [-0.1, -0.05) is 6.92 Å². The van der Waals surface area contributed by atoms with E-state index in [1.165, 1.54) is 0 Å². The molecule has 0 saturated carbocycles. The second-order valence-corrected chi connectivity index (χ2v) is 5.03. The van der Waals surface area contributed by atoms with Gasteiger partial charge in [-0.25, -0.2) is 0 Å². The van der Waals surface area contributed by atoms with E-state index in [4.69, 9.17) is 0 Å². The second-order valence-electron chi connectivity index (χ2n) is 5.03. The van der Waals surface area contributed by atoms with Crippen LogP contribution in [0.5, 0.6) is 0 Å². The van der Waals surface area contributed by atoms with E-state index in [1.807, 2.05) is 19.3 Å². The smallest absolute Gasteiger partial charge is 0.271 e. The number of carbonyl (C=O) groups excluding carboxylic acids is 2. The van der Waals surface area contributed by atoms with Gasteiger partial charge in [-0.2, -0.15) is 0 Å². The summed E-state index contributed by atoms with van der Waals surface area (Å²) in [6, 6.07) is 3.20. The van der Waals surface area contributed by atoms with Crippen molar-refractivity contribution < 1.29 is 9.59 Å². The summed E-state index contributed by atoms with van der Waals surface area (Å²) in [5, 5.41) is 2.66. The molecule has 1 N–H and O–H groups in total. The summed E-state index contributed by atoms with van der Waals surface area (Å²) in [6.45, 7) is 4.93. The molecular formula is C14H22N4O2. The highest BCUT2D eigenvalue weighted by Crippen LogP contribution is 2.14. The molecule has 6 heteroatoms. The molecule has 0 aliphatic carbocycles. The van der Waals surface area contributed by atoms with Crippen LogP contribution in [0.4, 0.5) is 0 Å². The van der Waals surface area contributed by atoms with Crippen LogP contribution in [0, 0.1) is 0 Å². The minimum absolute atomic E-state index is 0.0816. The summed E-state index contributed by atoms with van der Waals surface area (Å²) in [5.74, 6) is -0.187. The van der Waals surface area contributed by atoms with Crippen LogP contribution in [-0.2, 0) is 11.8 Å². The van der Waals surface area contributed by atoms with Crippen LogP contribution in [-0.4, -0.2) is 65.4 Å². The lowest BCUT2D eigenvalue weighted by Crippen LogP contribution is -2.60. The Hall–Kier alpha value is -1.82. The number of hydrogen-bond acceptors (Lipinski definition) is 3. The average molecular weight is 278 g/mol. The van der Waals surface area contributed by atoms with E-state index in [-0.39, 0.29) is 11.8 Å². The van der Waals surface area contributed by atoms with Crippen LogP contribution < -0.4 is 5.32 Å². The minimum atomic E-state index is -0.420. The maximum absolute atomic E-state index is 12.6. The fraction of sp³-hybridized carbons (Fsp3) is 0.571. The van der Waals surface area contributed by atoms with Crippen molar-refractivity contribution in [1.82, 2.24) is 19.7 Å². The zero-order chi connectivity index (χ0) is 14.7. The molecule has 2 heterocycles. The number of hydrogen-bond donors (Lipinski definition) is 1. The Bertz CT molecular complexity index is 497. The highest BCUT2D eigenvalue weighted by molar-refractivity contribution is 5.96. The summed E-state index contributed by atoms with van der Waals surface area (Å²) >= 11 is 0. The molecule has 110 valence electrons. The van der Waals surface area contributed by atoms with E-state index < -0.39 is 6.04 Å². The second kappa shape index (κ2) is 6.09. The Morgan fingerprint density at radius 1 is 1.40 bits per heavy atom. The molecule has 0 aromatic carbocycles. The van der Waals surface area contributed by atoms with Crippen molar-refractivity contribution >= 4 is 11.8 Å². The van der Waals surface area contributed by atoms with Crippen LogP contribution in [0.2, 0.25) is 0 Å². The minimum Gasteiger partial charge on any atom is -0.357 e. The maximum atomic E-state index is 12.6. The van der Waals surface area contributed by atoms with Crippen LogP contribution in [0.15, 0.2) is 18.3 Å². The third-order valence-corrected chi connectivity index (χ3v) is 3.88. The highest BCUT2D eigenvalue weighted by atomic mass is 16.2. The molecule has 1 aromatic heterocycles. The molecule has 1 atom stereocenters. The number of aryl methyl sites for hydroxylation is 1. The summed E-state index contributed by atoms with van der Waals surface area (Å²) < 4.78 is 1.79. The SMILES string of the molecule is CCN1CCN(C(=O)c2cccn2C)C(C(=O)NC)C1. The van der Waals surface area contributed by atoms with E-state index in [0.717, 1.165) is 13.1 Å². The molecule has 0 spiro atoms. The molecule has 0 radical (unpaired) electrons. The molecular weight excluding hydrogens is 256 g/mol. The number of carbonyl (C=O) groups is 2. The van der Waals surface area contributed by atoms with Gasteiger partial charge in [-0.05, 0) is 18.7 Å². The fourth-order valence-electron chi connectivity index (χ4n) is 2.59. The molecule has 2 amide bonds. The van der Waals surface area contributed by atoms with Crippen LogP contribution in [0.3, 0.4) is 0 Å². The monoisotopic (exact) mass is 278 g/mol. The Balaban J connectivity index is 2.22. The van der Waals surface area contributed by atoms with E-state index in [1.54, 1.807) is 22.6 Å². The topological polar surface area (TPSA) is 57.6 Å². The fourth-order valence-corrected chi connectivity index (χ4v) is 2.59. The maximum Gasteiger partial charge on any atom is 0.271 e. The summed E-state index contributed by atoms with van der Waals surface area (Å²) in [5.41, 5.74) is 0.615. The summed E-state index contributed by atoms with van der Waals surface area (Å²) in [4.78, 5) is 28.5. The van der Waals surface area contributed by atoms with Crippen LogP contribution in [0.1, 0.15) is 17.4 Å². The molecule has 1 aromatic rings. The first-order chi connectivity index (χ1) is 9.58. The number of amides is 2. The van der Waals surface area contributed by atoms with Gasteiger partial charge in [0.25, 0.3) is 5.91 Å². The first-order valence-corrected chi connectivity index (χ1v) is 6.94. The molecule has 0 bridgehead atoms. The largest absolute Gasteiger partial charge is 0.357 e. The predicted molar refractivity (Wildman–Crippen MR) is 76.4 cm³/mol. The van der Waals surface area contributed by atoms with Gasteiger partial charge in [0.2, 0.25) is 5.91 Å². The van der Waals surface area contributed by atoms with E-state index in [2.05, 4.69) is 17.1 Å². The van der Waals surface area contributed by atoms with Gasteiger partial charge in [-0.3, -0.25) is 14.5 Å². The normalized spacial score (nSPS) is 19.9. The van der Waals surface area contributed by atoms with Gasteiger partial charge >= 0.3 is 0 Å². The first-order valence-electron chi connectivity index (χ1n) is 6.94. The Morgan fingerprint density at radius 2 is 2.15 bits per heavy atom. The zero-order valence-corrected chi connectivity index (χ0v) is 12.3. The van der Waals surface area contributed by atoms with Crippen molar-refractivity contribution in [2.75, 3.05) is 33.2 Å². The third kappa shape index (κ3) is 2.70. The molecule has 1 unspecified atom stereocenters. The van der Waals surface area contributed by atoms with Gasteiger partial charge in [0, 0.05) is 39.9 Å². The summed E-state index contributed by atoms with van der Waals surface area (Å²) in [7, 11) is 3.45. The molecule has 2 rings (SSSR count). The number of nitrogens with zero attached hydrogens (tertiary/aromatic N) is 3. The lowest BCUT2D eigenvalue weighted by Gasteiger charge is -2.40. The van der Waals surface area contributed by atoms with Crippen molar-refractivity contribution in [2.24, 2.45) is 7.05 Å². The van der Waals surface area contributed by atoms with Gasteiger partial charge in [0.05, 0.1) is 0 Å². The molecule has 20 heavy (non-hydrogen) atoms. The van der Waals surface area contributed by atoms with E-state index in [9.17, 15) is 9.59 Å². The van der Waals surface area contributed by atoms with Gasteiger partial charge in [0.1, 0.15) is 11.7 Å². The predicted octanol–water partition coefficient (Wildman–Crippen LogP) is -0.0826. The Kier molecular flexibility index (Phi) is 4.44.